The molecule has 1 heterocycles. The zero-order chi connectivity index (χ0) is 29.0. The number of hydrogen-bond acceptors (Lipinski definition) is 4. The predicted octanol–water partition coefficient (Wildman–Crippen LogP) is 4.34. The van der Waals surface area contributed by atoms with Crippen LogP contribution in [0, 0.1) is 10.2 Å². The molecule has 1 aromatic heterocycles. The highest BCUT2D eigenvalue weighted by Crippen LogP contribution is 2.42. The number of fused-ring (bicyclic) bond motifs is 1. The number of hydrogen-bond donors (Lipinski definition) is 0. The lowest BCUT2D eigenvalue weighted by atomic mass is 9.86. The van der Waals surface area contributed by atoms with E-state index in [0.29, 0.717) is 0 Å². The second kappa shape index (κ2) is 12.3. The van der Waals surface area contributed by atoms with Gasteiger partial charge in [-0.05, 0) is 69.8 Å². The molecular weight excluding hydrogens is 602 g/mol. The lowest BCUT2D eigenvalue weighted by Gasteiger charge is -2.18. The summed E-state index contributed by atoms with van der Waals surface area (Å²) in [6.07, 6.45) is 0. The van der Waals surface area contributed by atoms with Crippen molar-refractivity contribution in [3.63, 3.8) is 0 Å². The van der Waals surface area contributed by atoms with E-state index in [1.165, 1.54) is 55.5 Å². The molecule has 204 valence electrons. The number of pyridine rings is 1. The molecule has 0 aliphatic rings. The smallest absolute Gasteiger partial charge is 0.214 e. The third kappa shape index (κ3) is 6.89. The van der Waals surface area contributed by atoms with Crippen LogP contribution in [0.25, 0.3) is 55.5 Å². The largest absolute Gasteiger partial charge is 0.222 e. The molecule has 0 atom stereocenters. The van der Waals surface area contributed by atoms with Gasteiger partial charge in [0.1, 0.15) is 7.05 Å². The minimum atomic E-state index is -4.94. The zero-order valence-electron chi connectivity index (χ0n) is 22.0. The fourth-order valence-corrected chi connectivity index (χ4v) is 5.28. The molecule has 0 amide bonds. The standard InChI is InChI=1S/C34H25BrN.ClHO4/c1-36-32-15-9-8-14-27(32)18-21-33(36)34-30(25-10-4-2-5-11-25)22-28(24-16-19-29(35)20-17-24)23-31(34)26-12-6-3-7-13-26;2-1(3,4)5/h2-23H,1H3;(H,2,3,4,5)/q+1;/p-1. The van der Waals surface area contributed by atoms with Gasteiger partial charge in [-0.3, -0.25) is 0 Å². The van der Waals surface area contributed by atoms with Gasteiger partial charge in [0.25, 0.3) is 0 Å². The summed E-state index contributed by atoms with van der Waals surface area (Å²) in [5.41, 5.74) is 10.9. The monoisotopic (exact) mass is 625 g/mol. The van der Waals surface area contributed by atoms with Crippen LogP contribution in [-0.4, -0.2) is 0 Å². The molecule has 41 heavy (non-hydrogen) atoms. The maximum Gasteiger partial charge on any atom is 0.214 e. The van der Waals surface area contributed by atoms with E-state index in [2.05, 4.69) is 161 Å². The molecule has 0 aliphatic carbocycles. The Morgan fingerprint density at radius 3 is 1.56 bits per heavy atom. The van der Waals surface area contributed by atoms with Crippen LogP contribution in [-0.2, 0) is 7.05 Å². The minimum Gasteiger partial charge on any atom is -0.222 e. The number of halogens is 2. The first-order valence-electron chi connectivity index (χ1n) is 12.7. The highest BCUT2D eigenvalue weighted by Gasteiger charge is 2.23. The summed E-state index contributed by atoms with van der Waals surface area (Å²) in [6.45, 7) is 0. The number of para-hydroxylation sites is 1. The summed E-state index contributed by atoms with van der Waals surface area (Å²) in [6, 6.07) is 47.8. The van der Waals surface area contributed by atoms with Gasteiger partial charge < -0.3 is 0 Å². The second-order valence-electron chi connectivity index (χ2n) is 9.40. The van der Waals surface area contributed by atoms with Crippen LogP contribution in [0.1, 0.15) is 0 Å². The van der Waals surface area contributed by atoms with Crippen LogP contribution in [0.15, 0.2) is 138 Å². The summed E-state index contributed by atoms with van der Waals surface area (Å²) in [4.78, 5) is 0. The van der Waals surface area contributed by atoms with Gasteiger partial charge in [-0.2, -0.15) is 4.57 Å². The first-order valence-corrected chi connectivity index (χ1v) is 14.8. The summed E-state index contributed by atoms with van der Waals surface area (Å²) >= 11 is 3.59. The molecule has 0 saturated carbocycles. The Hall–Kier alpha value is -3.88. The van der Waals surface area contributed by atoms with Crippen LogP contribution >= 0.6 is 15.9 Å². The van der Waals surface area contributed by atoms with E-state index < -0.39 is 10.2 Å². The van der Waals surface area contributed by atoms with Crippen LogP contribution in [0.2, 0.25) is 0 Å². The first kappa shape index (κ1) is 28.6. The Morgan fingerprint density at radius 2 is 1.02 bits per heavy atom. The van der Waals surface area contributed by atoms with Crippen molar-refractivity contribution in [1.82, 2.24) is 0 Å². The van der Waals surface area contributed by atoms with E-state index >= 15 is 0 Å². The Labute approximate surface area is 249 Å². The Morgan fingerprint density at radius 1 is 0.537 bits per heavy atom. The number of aromatic nitrogens is 1. The van der Waals surface area contributed by atoms with Gasteiger partial charge in [0, 0.05) is 22.0 Å². The van der Waals surface area contributed by atoms with E-state index in [1.54, 1.807) is 0 Å². The topological polar surface area (TPSA) is 96.1 Å². The van der Waals surface area contributed by atoms with Gasteiger partial charge in [-0.1, -0.05) is 101 Å². The van der Waals surface area contributed by atoms with Crippen LogP contribution in [0.4, 0.5) is 0 Å². The molecule has 0 spiro atoms. The molecule has 0 radical (unpaired) electrons. The third-order valence-electron chi connectivity index (χ3n) is 6.82. The summed E-state index contributed by atoms with van der Waals surface area (Å²) in [5.74, 6) is 0. The van der Waals surface area contributed by atoms with Crippen molar-refractivity contribution in [2.45, 2.75) is 0 Å². The maximum absolute atomic E-state index is 8.49. The van der Waals surface area contributed by atoms with Crippen molar-refractivity contribution in [1.29, 1.82) is 0 Å². The van der Waals surface area contributed by atoms with Crippen molar-refractivity contribution in [2.24, 2.45) is 7.05 Å². The van der Waals surface area contributed by atoms with E-state index in [9.17, 15) is 0 Å². The van der Waals surface area contributed by atoms with Crippen molar-refractivity contribution < 1.29 is 33.4 Å². The molecule has 0 saturated heterocycles. The maximum atomic E-state index is 8.49. The van der Waals surface area contributed by atoms with Crippen LogP contribution in [0.5, 0.6) is 0 Å². The molecule has 7 heteroatoms. The van der Waals surface area contributed by atoms with Crippen LogP contribution < -0.4 is 23.2 Å². The Bertz CT molecular complexity index is 1720. The van der Waals surface area contributed by atoms with Crippen molar-refractivity contribution in [3.8, 4) is 44.6 Å². The second-order valence-corrected chi connectivity index (χ2v) is 11.1. The molecular formula is C34H25BrClNO4. The van der Waals surface area contributed by atoms with Crippen LogP contribution in [0.3, 0.4) is 0 Å². The van der Waals surface area contributed by atoms with Crippen molar-refractivity contribution in [3.05, 3.63) is 138 Å². The van der Waals surface area contributed by atoms with Gasteiger partial charge in [-0.15, -0.1) is 10.2 Å². The number of aryl methyl sites for hydroxylation is 1. The van der Waals surface area contributed by atoms with E-state index in [0.717, 1.165) is 4.47 Å². The van der Waals surface area contributed by atoms with E-state index in [1.807, 2.05) is 0 Å². The Kier molecular flexibility index (Phi) is 8.61. The van der Waals surface area contributed by atoms with Gasteiger partial charge in [0.2, 0.25) is 11.2 Å². The number of nitrogens with zero attached hydrogens (tertiary/aromatic N) is 1. The molecule has 6 rings (SSSR count). The van der Waals surface area contributed by atoms with Crippen molar-refractivity contribution >= 4 is 26.8 Å². The quantitative estimate of drug-likeness (QED) is 0.272. The predicted molar refractivity (Wildman–Crippen MR) is 155 cm³/mol. The summed E-state index contributed by atoms with van der Waals surface area (Å²) in [7, 11) is -2.77. The highest BCUT2D eigenvalue weighted by molar-refractivity contribution is 9.10. The summed E-state index contributed by atoms with van der Waals surface area (Å²) < 4.78 is 37.4. The third-order valence-corrected chi connectivity index (χ3v) is 7.35. The molecule has 5 aromatic carbocycles. The fourth-order valence-electron chi connectivity index (χ4n) is 5.01. The molecule has 0 fully saturated rings. The molecule has 0 unspecified atom stereocenters. The van der Waals surface area contributed by atoms with Gasteiger partial charge in [0.15, 0.2) is 0 Å². The van der Waals surface area contributed by atoms with Gasteiger partial charge in [0.05, 0.1) is 5.56 Å². The first-order chi connectivity index (χ1) is 19.7. The zero-order valence-corrected chi connectivity index (χ0v) is 24.4. The molecule has 6 aromatic rings. The molecule has 5 nitrogen and oxygen atoms in total. The van der Waals surface area contributed by atoms with Gasteiger partial charge in [-0.25, -0.2) is 18.6 Å². The molecule has 0 aliphatic heterocycles. The molecule has 0 bridgehead atoms. The van der Waals surface area contributed by atoms with Gasteiger partial charge >= 0.3 is 0 Å². The summed E-state index contributed by atoms with van der Waals surface area (Å²) in [5, 5.41) is 1.23. The number of benzene rings is 5. The Balaban J connectivity index is 0.000000623. The SMILES string of the molecule is C[n+]1c(-c2c(-c3ccccc3)cc(-c3ccc(Br)cc3)cc2-c2ccccc2)ccc2ccccc21.[O-][Cl+3]([O-])([O-])[O-]. The normalized spacial score (nSPS) is 11.2. The van der Waals surface area contributed by atoms with E-state index in [-0.39, 0.29) is 0 Å². The molecule has 0 N–H and O–H groups in total. The lowest BCUT2D eigenvalue weighted by molar-refractivity contribution is -2.00. The number of rotatable bonds is 4. The highest BCUT2D eigenvalue weighted by atomic mass is 79.9. The minimum absolute atomic E-state index is 1.08. The average molecular weight is 627 g/mol. The van der Waals surface area contributed by atoms with Crippen molar-refractivity contribution in [2.75, 3.05) is 0 Å². The average Bonchev–Trinajstić information content (AvgIpc) is 2.97. The fraction of sp³-hybridized carbons (Fsp3) is 0.0294. The lowest BCUT2D eigenvalue weighted by Crippen LogP contribution is -2.68. The van der Waals surface area contributed by atoms with E-state index in [4.69, 9.17) is 18.6 Å².